The van der Waals surface area contributed by atoms with Crippen LogP contribution in [0.3, 0.4) is 0 Å². The van der Waals surface area contributed by atoms with E-state index in [1.54, 1.807) is 17.0 Å². The minimum Gasteiger partial charge on any atom is -0.294 e. The van der Waals surface area contributed by atoms with Crippen molar-refractivity contribution in [1.82, 2.24) is 0 Å². The summed E-state index contributed by atoms with van der Waals surface area (Å²) in [6.07, 6.45) is 1.28. The molecular weight excluding hydrogens is 353 g/mol. The largest absolute Gasteiger partial charge is 0.294 e. The number of amides is 1. The van der Waals surface area contributed by atoms with Gasteiger partial charge in [0.2, 0.25) is 5.91 Å². The van der Waals surface area contributed by atoms with Crippen LogP contribution < -0.4 is 4.90 Å². The smallest absolute Gasteiger partial charge is 0.232 e. The van der Waals surface area contributed by atoms with Gasteiger partial charge in [0.1, 0.15) is 5.82 Å². The first-order valence-corrected chi connectivity index (χ1v) is 9.67. The second-order valence-electron chi connectivity index (χ2n) is 8.62. The minimum atomic E-state index is -0.394. The predicted molar refractivity (Wildman–Crippen MR) is 107 cm³/mol. The van der Waals surface area contributed by atoms with Crippen LogP contribution in [0.2, 0.25) is 0 Å². The molecule has 0 saturated carbocycles. The van der Waals surface area contributed by atoms with E-state index in [0.29, 0.717) is 18.5 Å². The van der Waals surface area contributed by atoms with E-state index in [9.17, 15) is 14.0 Å². The van der Waals surface area contributed by atoms with E-state index in [1.807, 2.05) is 45.0 Å². The van der Waals surface area contributed by atoms with Crippen LogP contribution in [-0.4, -0.2) is 11.7 Å². The third-order valence-corrected chi connectivity index (χ3v) is 5.77. The van der Waals surface area contributed by atoms with Gasteiger partial charge in [-0.3, -0.25) is 14.5 Å². The number of nitrogens with zero attached hydrogens (tertiary/aromatic N) is 1. The molecule has 2 aromatic rings. The van der Waals surface area contributed by atoms with E-state index in [2.05, 4.69) is 0 Å². The molecule has 4 rings (SSSR count). The standard InChI is InChI=1S/C24H24FNO2/c1-15-7-4-5-10-18(15)19-12-22(28)26(17-9-6-8-16(25)11-17)20-13-24(2,3)14-21(27)23(19)20/h4-11,19H,12-14H2,1-3H3. The summed E-state index contributed by atoms with van der Waals surface area (Å²) in [5.74, 6) is -0.636. The highest BCUT2D eigenvalue weighted by molar-refractivity contribution is 6.07. The maximum atomic E-state index is 13.9. The summed E-state index contributed by atoms with van der Waals surface area (Å²) < 4.78 is 13.9. The molecule has 1 heterocycles. The Kier molecular flexibility index (Phi) is 4.45. The van der Waals surface area contributed by atoms with Gasteiger partial charge >= 0.3 is 0 Å². The Bertz CT molecular complexity index is 1010. The number of hydrogen-bond acceptors (Lipinski definition) is 2. The molecule has 2 aliphatic rings. The van der Waals surface area contributed by atoms with Crippen molar-refractivity contribution in [2.45, 2.75) is 46.0 Å². The van der Waals surface area contributed by atoms with Crippen LogP contribution >= 0.6 is 0 Å². The summed E-state index contributed by atoms with van der Waals surface area (Å²) >= 11 is 0. The van der Waals surface area contributed by atoms with E-state index in [4.69, 9.17) is 0 Å². The van der Waals surface area contributed by atoms with Crippen molar-refractivity contribution in [1.29, 1.82) is 0 Å². The Labute approximate surface area is 164 Å². The normalized spacial score (nSPS) is 21.7. The SMILES string of the molecule is Cc1ccccc1C1CC(=O)N(c2cccc(F)c2)C2=C1C(=O)CC(C)(C)C2. The third-order valence-electron chi connectivity index (χ3n) is 5.77. The molecular formula is C24H24FNO2. The number of allylic oxidation sites excluding steroid dienone is 2. The van der Waals surface area contributed by atoms with E-state index in [-0.39, 0.29) is 29.4 Å². The summed E-state index contributed by atoms with van der Waals surface area (Å²) in [7, 11) is 0. The first kappa shape index (κ1) is 18.6. The third kappa shape index (κ3) is 3.17. The molecule has 4 heteroatoms. The van der Waals surface area contributed by atoms with Crippen LogP contribution in [0.5, 0.6) is 0 Å². The van der Waals surface area contributed by atoms with Crippen molar-refractivity contribution in [2.24, 2.45) is 5.41 Å². The maximum absolute atomic E-state index is 13.9. The molecule has 0 fully saturated rings. The Morgan fingerprint density at radius 1 is 1.04 bits per heavy atom. The van der Waals surface area contributed by atoms with E-state index in [0.717, 1.165) is 22.4 Å². The van der Waals surface area contributed by atoms with Crippen molar-refractivity contribution >= 4 is 17.4 Å². The lowest BCUT2D eigenvalue weighted by Gasteiger charge is -2.43. The number of carbonyl (C=O) groups is 2. The van der Waals surface area contributed by atoms with Crippen LogP contribution in [0.4, 0.5) is 10.1 Å². The fourth-order valence-corrected chi connectivity index (χ4v) is 4.57. The van der Waals surface area contributed by atoms with Gasteiger partial charge < -0.3 is 0 Å². The first-order chi connectivity index (χ1) is 13.3. The van der Waals surface area contributed by atoms with Gasteiger partial charge in [-0.15, -0.1) is 0 Å². The number of halogens is 1. The molecule has 3 nitrogen and oxygen atoms in total. The number of anilines is 1. The van der Waals surface area contributed by atoms with Crippen molar-refractivity contribution in [3.8, 4) is 0 Å². The fourth-order valence-electron chi connectivity index (χ4n) is 4.57. The monoisotopic (exact) mass is 377 g/mol. The summed E-state index contributed by atoms with van der Waals surface area (Å²) in [6.45, 7) is 6.09. The minimum absolute atomic E-state index is 0.0911. The zero-order valence-electron chi connectivity index (χ0n) is 16.5. The van der Waals surface area contributed by atoms with Gasteiger partial charge in [0.15, 0.2) is 5.78 Å². The van der Waals surface area contributed by atoms with Crippen molar-refractivity contribution in [3.63, 3.8) is 0 Å². The zero-order chi connectivity index (χ0) is 20.1. The predicted octanol–water partition coefficient (Wildman–Crippen LogP) is 5.30. The van der Waals surface area contributed by atoms with Gasteiger partial charge in [0, 0.05) is 30.0 Å². The lowest BCUT2D eigenvalue weighted by Crippen LogP contribution is -2.43. The molecule has 0 bridgehead atoms. The quantitative estimate of drug-likeness (QED) is 0.712. The van der Waals surface area contributed by atoms with E-state index in [1.165, 1.54) is 12.1 Å². The average molecular weight is 377 g/mol. The number of aryl methyl sites for hydroxylation is 1. The average Bonchev–Trinajstić information content (AvgIpc) is 2.60. The van der Waals surface area contributed by atoms with Crippen LogP contribution in [0, 0.1) is 18.2 Å². The van der Waals surface area contributed by atoms with Gasteiger partial charge in [0.05, 0.1) is 5.69 Å². The molecule has 2 aromatic carbocycles. The highest BCUT2D eigenvalue weighted by atomic mass is 19.1. The van der Waals surface area contributed by atoms with Gasteiger partial charge in [-0.2, -0.15) is 0 Å². The molecule has 0 N–H and O–H groups in total. The summed E-state index contributed by atoms with van der Waals surface area (Å²) in [6, 6.07) is 14.0. The second-order valence-corrected chi connectivity index (χ2v) is 8.62. The van der Waals surface area contributed by atoms with Crippen LogP contribution in [-0.2, 0) is 9.59 Å². The number of rotatable bonds is 2. The molecule has 28 heavy (non-hydrogen) atoms. The maximum Gasteiger partial charge on any atom is 0.232 e. The Morgan fingerprint density at radius 3 is 2.50 bits per heavy atom. The topological polar surface area (TPSA) is 37.4 Å². The molecule has 1 aliphatic heterocycles. The zero-order valence-corrected chi connectivity index (χ0v) is 16.5. The Hall–Kier alpha value is -2.75. The lowest BCUT2D eigenvalue weighted by molar-refractivity contribution is -0.121. The number of hydrogen-bond donors (Lipinski definition) is 0. The van der Waals surface area contributed by atoms with Crippen LogP contribution in [0.1, 0.15) is 50.2 Å². The number of carbonyl (C=O) groups excluding carboxylic acids is 2. The van der Waals surface area contributed by atoms with Crippen molar-refractivity contribution in [2.75, 3.05) is 4.90 Å². The highest BCUT2D eigenvalue weighted by Gasteiger charge is 2.44. The van der Waals surface area contributed by atoms with Crippen molar-refractivity contribution in [3.05, 3.63) is 76.7 Å². The van der Waals surface area contributed by atoms with Gasteiger partial charge in [-0.1, -0.05) is 44.2 Å². The Balaban J connectivity index is 1.93. The second kappa shape index (κ2) is 6.69. The number of ketones is 1. The highest BCUT2D eigenvalue weighted by Crippen LogP contribution is 2.48. The summed E-state index contributed by atoms with van der Waals surface area (Å²) in [5, 5.41) is 0. The van der Waals surface area contributed by atoms with Gasteiger partial charge in [0.25, 0.3) is 0 Å². The van der Waals surface area contributed by atoms with E-state index >= 15 is 0 Å². The van der Waals surface area contributed by atoms with Gasteiger partial charge in [-0.25, -0.2) is 4.39 Å². The molecule has 0 radical (unpaired) electrons. The molecule has 1 amide bonds. The lowest BCUT2D eigenvalue weighted by atomic mass is 9.69. The van der Waals surface area contributed by atoms with Gasteiger partial charge in [-0.05, 0) is 48.1 Å². The Morgan fingerprint density at radius 2 is 1.79 bits per heavy atom. The molecule has 144 valence electrons. The summed E-state index contributed by atoms with van der Waals surface area (Å²) in [4.78, 5) is 28.0. The van der Waals surface area contributed by atoms with Crippen LogP contribution in [0.15, 0.2) is 59.8 Å². The van der Waals surface area contributed by atoms with E-state index < -0.39 is 5.82 Å². The van der Waals surface area contributed by atoms with Crippen molar-refractivity contribution < 1.29 is 14.0 Å². The molecule has 0 saturated heterocycles. The molecule has 1 atom stereocenters. The molecule has 1 unspecified atom stereocenters. The first-order valence-electron chi connectivity index (χ1n) is 9.67. The molecule has 0 aromatic heterocycles. The number of Topliss-reactive ketones (excluding diaryl/α,β-unsaturated/α-hetero) is 1. The molecule has 0 spiro atoms. The summed E-state index contributed by atoms with van der Waals surface area (Å²) in [5.41, 5.74) is 3.80. The van der Waals surface area contributed by atoms with Crippen LogP contribution in [0.25, 0.3) is 0 Å². The number of benzene rings is 2. The fraction of sp³-hybridized carbons (Fsp3) is 0.333. The molecule has 1 aliphatic carbocycles.